The second-order valence-corrected chi connectivity index (χ2v) is 9.71. The van der Waals surface area contributed by atoms with Gasteiger partial charge in [0.05, 0.1) is 0 Å². The van der Waals surface area contributed by atoms with E-state index in [-0.39, 0.29) is 23.6 Å². The number of aryl methyl sites for hydroxylation is 1. The predicted molar refractivity (Wildman–Crippen MR) is 135 cm³/mol. The van der Waals surface area contributed by atoms with Gasteiger partial charge in [0.25, 0.3) is 0 Å². The molecule has 0 aliphatic heterocycles. The Balaban J connectivity index is 3.34. The van der Waals surface area contributed by atoms with Crippen LogP contribution in [-0.4, -0.2) is 52.8 Å². The second kappa shape index (κ2) is 13.5. The smallest absolute Gasteiger partial charge is 0.408 e. The quantitative estimate of drug-likeness (QED) is 0.324. The maximum atomic E-state index is 13.7. The molecule has 1 aromatic carbocycles. The number of carbonyl (C=O) groups excluding carboxylic acids is 3. The first-order chi connectivity index (χ1) is 15.4. The van der Waals surface area contributed by atoms with Gasteiger partial charge < -0.3 is 20.3 Å². The van der Waals surface area contributed by atoms with Crippen molar-refractivity contribution in [1.82, 2.24) is 15.5 Å². The minimum absolute atomic E-state index is 0.0725. The highest BCUT2D eigenvalue weighted by Gasteiger charge is 2.38. The van der Waals surface area contributed by atoms with E-state index in [1.807, 2.05) is 45.0 Å². The van der Waals surface area contributed by atoms with Crippen molar-refractivity contribution in [3.05, 3.63) is 35.4 Å². The lowest BCUT2D eigenvalue weighted by Crippen LogP contribution is -2.56. The van der Waals surface area contributed by atoms with Gasteiger partial charge in [0.15, 0.2) is 0 Å². The first kappa shape index (κ1) is 28.8. The number of hydrogen-bond donors (Lipinski definition) is 3. The van der Waals surface area contributed by atoms with E-state index in [2.05, 4.69) is 30.2 Å². The average Bonchev–Trinajstić information content (AvgIpc) is 2.74. The van der Waals surface area contributed by atoms with E-state index in [0.717, 1.165) is 24.0 Å². The summed E-state index contributed by atoms with van der Waals surface area (Å²) in [6, 6.07) is 5.59. The van der Waals surface area contributed by atoms with Gasteiger partial charge in [-0.25, -0.2) is 4.79 Å². The number of ether oxygens (including phenoxy) is 1. The average molecular weight is 480 g/mol. The van der Waals surface area contributed by atoms with E-state index in [1.165, 1.54) is 0 Å². The Hall–Kier alpha value is -2.22. The zero-order chi connectivity index (χ0) is 25.2. The molecule has 186 valence electrons. The summed E-state index contributed by atoms with van der Waals surface area (Å²) >= 11 is 4.31. The molecule has 0 fully saturated rings. The minimum atomic E-state index is -0.937. The van der Waals surface area contributed by atoms with Crippen LogP contribution in [0.15, 0.2) is 24.3 Å². The Kier molecular flexibility index (Phi) is 11.8. The number of rotatable bonds is 11. The van der Waals surface area contributed by atoms with Gasteiger partial charge in [0.1, 0.15) is 17.7 Å². The molecule has 0 heterocycles. The van der Waals surface area contributed by atoms with E-state index in [4.69, 9.17) is 4.74 Å². The van der Waals surface area contributed by atoms with Gasteiger partial charge in [-0.15, -0.1) is 0 Å². The fourth-order valence-corrected chi connectivity index (χ4v) is 3.53. The van der Waals surface area contributed by atoms with Crippen molar-refractivity contribution in [3.8, 4) is 0 Å². The van der Waals surface area contributed by atoms with Gasteiger partial charge >= 0.3 is 6.09 Å². The van der Waals surface area contributed by atoms with E-state index in [9.17, 15) is 14.4 Å². The lowest BCUT2D eigenvalue weighted by Gasteiger charge is -2.38. The summed E-state index contributed by atoms with van der Waals surface area (Å²) in [5.41, 5.74) is 1.08. The first-order valence-electron chi connectivity index (χ1n) is 11.7. The van der Waals surface area contributed by atoms with Gasteiger partial charge in [0, 0.05) is 18.3 Å². The molecule has 8 heteroatoms. The van der Waals surface area contributed by atoms with Gasteiger partial charge in [-0.3, -0.25) is 9.59 Å². The molecule has 3 atom stereocenters. The van der Waals surface area contributed by atoms with Crippen molar-refractivity contribution >= 4 is 30.5 Å². The van der Waals surface area contributed by atoms with Crippen LogP contribution in [0.3, 0.4) is 0 Å². The first-order valence-corrected chi connectivity index (χ1v) is 12.3. The lowest BCUT2D eigenvalue weighted by molar-refractivity contribution is -0.144. The van der Waals surface area contributed by atoms with Gasteiger partial charge in [0.2, 0.25) is 11.8 Å². The molecular weight excluding hydrogens is 438 g/mol. The van der Waals surface area contributed by atoms with E-state index < -0.39 is 23.8 Å². The zero-order valence-electron chi connectivity index (χ0n) is 21.1. The van der Waals surface area contributed by atoms with Crippen LogP contribution in [0, 0.1) is 6.92 Å². The number of alkyl carbamates (subject to hydrolysis) is 1. The van der Waals surface area contributed by atoms with Gasteiger partial charge in [-0.1, -0.05) is 50.1 Å². The van der Waals surface area contributed by atoms with Crippen LogP contribution in [0.2, 0.25) is 0 Å². The van der Waals surface area contributed by atoms with Crippen molar-refractivity contribution in [1.29, 1.82) is 0 Å². The topological polar surface area (TPSA) is 87.7 Å². The van der Waals surface area contributed by atoms with E-state index >= 15 is 0 Å². The second-order valence-electron chi connectivity index (χ2n) is 9.34. The Bertz CT molecular complexity index is 777. The predicted octanol–water partition coefficient (Wildman–Crippen LogP) is 4.40. The van der Waals surface area contributed by atoms with Crippen LogP contribution in [0.1, 0.15) is 78.0 Å². The summed E-state index contributed by atoms with van der Waals surface area (Å²) in [7, 11) is 0. The molecular formula is C25H41N3O4S. The molecule has 33 heavy (non-hydrogen) atoms. The number of amides is 3. The molecule has 1 aromatic rings. The zero-order valence-corrected chi connectivity index (χ0v) is 22.0. The fourth-order valence-electron chi connectivity index (χ4n) is 3.28. The number of thiol groups is 1. The number of unbranched alkanes of at least 4 members (excludes halogenated alkanes) is 1. The largest absolute Gasteiger partial charge is 0.444 e. The molecule has 7 nitrogen and oxygen atoms in total. The molecule has 0 spiro atoms. The number of nitrogens with zero attached hydrogens (tertiary/aromatic N) is 1. The third kappa shape index (κ3) is 9.27. The Morgan fingerprint density at radius 2 is 1.73 bits per heavy atom. The van der Waals surface area contributed by atoms with Crippen LogP contribution < -0.4 is 10.6 Å². The van der Waals surface area contributed by atoms with Crippen LogP contribution in [0.25, 0.3) is 0 Å². The highest BCUT2D eigenvalue weighted by Crippen LogP contribution is 2.26. The standard InChI is InChI=1S/C25H41N3O4S/c1-8-10-15-26-22(29)21(19-13-11-17(3)12-14-19)28(18(4)9-2)23(30)20(16-33)27-24(31)32-25(5,6)7/h11-14,18,20-21,33H,8-10,15-16H2,1-7H3,(H,26,29)(H,27,31). The number of nitrogens with one attached hydrogen (secondary N) is 2. The molecule has 0 aliphatic rings. The molecule has 0 aromatic heterocycles. The lowest BCUT2D eigenvalue weighted by atomic mass is 9.99. The molecule has 0 saturated carbocycles. The molecule has 3 amide bonds. The monoisotopic (exact) mass is 479 g/mol. The normalized spacial score (nSPS) is 14.1. The SMILES string of the molecule is CCCCNC(=O)C(c1ccc(C)cc1)N(C(=O)C(CS)NC(=O)OC(C)(C)C)C(C)CC. The third-order valence-corrected chi connectivity index (χ3v) is 5.61. The number of benzene rings is 1. The van der Waals surface area contributed by atoms with Crippen molar-refractivity contribution < 1.29 is 19.1 Å². The summed E-state index contributed by atoms with van der Waals surface area (Å²) in [5.74, 6) is -0.541. The highest BCUT2D eigenvalue weighted by atomic mass is 32.1. The van der Waals surface area contributed by atoms with Crippen molar-refractivity contribution in [2.24, 2.45) is 0 Å². The summed E-state index contributed by atoms with van der Waals surface area (Å²) < 4.78 is 5.32. The van der Waals surface area contributed by atoms with Crippen LogP contribution in [0.5, 0.6) is 0 Å². The van der Waals surface area contributed by atoms with Crippen LogP contribution in [0.4, 0.5) is 4.79 Å². The number of hydrogen-bond acceptors (Lipinski definition) is 5. The summed E-state index contributed by atoms with van der Waals surface area (Å²) in [4.78, 5) is 41.0. The molecule has 0 radical (unpaired) electrons. The maximum Gasteiger partial charge on any atom is 0.408 e. The van der Waals surface area contributed by atoms with E-state index in [0.29, 0.717) is 13.0 Å². The Morgan fingerprint density at radius 1 is 1.12 bits per heavy atom. The van der Waals surface area contributed by atoms with Crippen molar-refractivity contribution in [3.63, 3.8) is 0 Å². The van der Waals surface area contributed by atoms with E-state index in [1.54, 1.807) is 25.7 Å². The Labute approximate surface area is 204 Å². The minimum Gasteiger partial charge on any atom is -0.444 e. The van der Waals surface area contributed by atoms with Crippen LogP contribution >= 0.6 is 12.6 Å². The summed E-state index contributed by atoms with van der Waals surface area (Å²) in [5, 5.41) is 5.60. The van der Waals surface area contributed by atoms with Gasteiger partial charge in [-0.05, 0) is 53.0 Å². The molecule has 0 bridgehead atoms. The Morgan fingerprint density at radius 3 is 2.21 bits per heavy atom. The summed E-state index contributed by atoms with van der Waals surface area (Å²) in [6.07, 6.45) is 1.74. The molecule has 0 aliphatic carbocycles. The molecule has 1 rings (SSSR count). The highest BCUT2D eigenvalue weighted by molar-refractivity contribution is 7.80. The number of carbonyl (C=O) groups is 3. The molecule has 2 N–H and O–H groups in total. The van der Waals surface area contributed by atoms with Crippen molar-refractivity contribution in [2.75, 3.05) is 12.3 Å². The molecule has 0 saturated heterocycles. The summed E-state index contributed by atoms with van der Waals surface area (Å²) in [6.45, 7) is 13.7. The van der Waals surface area contributed by atoms with Crippen LogP contribution in [-0.2, 0) is 14.3 Å². The van der Waals surface area contributed by atoms with Gasteiger partial charge in [-0.2, -0.15) is 12.6 Å². The maximum absolute atomic E-state index is 13.7. The fraction of sp³-hybridized carbons (Fsp3) is 0.640. The third-order valence-electron chi connectivity index (χ3n) is 5.24. The molecule has 3 unspecified atom stereocenters. The van der Waals surface area contributed by atoms with Crippen molar-refractivity contribution in [2.45, 2.75) is 91.5 Å².